The maximum atomic E-state index is 17.3. The van der Waals surface area contributed by atoms with E-state index in [-0.39, 0.29) is 109 Å². The summed E-state index contributed by atoms with van der Waals surface area (Å²) in [5.74, 6) is -20.1. The van der Waals surface area contributed by atoms with Crippen molar-refractivity contribution in [1.82, 2.24) is 39.9 Å². The molecular weight excluding hydrogens is 1720 g/mol. The number of hydrogen-bond donors (Lipinski definition) is 4. The van der Waals surface area contributed by atoms with E-state index in [4.69, 9.17) is 104 Å². The summed E-state index contributed by atoms with van der Waals surface area (Å²) >= 11 is 42.3. The number of nitrogens with zero attached hydrogens (tertiary/aromatic N) is 8. The van der Waals surface area contributed by atoms with Crippen LogP contribution < -0.4 is 28.9 Å². The molecule has 13 rings (SSSR count). The monoisotopic (exact) mass is 1760 g/mol. The molecule has 0 unspecified atom stereocenters. The molecule has 35 heteroatoms. The van der Waals surface area contributed by atoms with E-state index in [0.717, 1.165) is 0 Å². The van der Waals surface area contributed by atoms with Crippen molar-refractivity contribution in [3.05, 3.63) is 195 Å². The zero-order chi connectivity index (χ0) is 77.4. The molecule has 0 fully saturated rings. The molecular formula is C74H52Cl6F6N8O12Zn3. The summed E-state index contributed by atoms with van der Waals surface area (Å²) in [4.78, 5) is 80.0. The van der Waals surface area contributed by atoms with Gasteiger partial charge in [0.15, 0.2) is 46.3 Å². The third kappa shape index (κ3) is 17.3. The molecule has 5 heterocycles. The SMILES string of the molecule is CC(C)(C)Oc1c(F)c(F)c2c(c1F)-c1nc-2nc2[n-]c(nc3nc(nc4[n-]c(n1)c1c(F)c(F)c(OC(C)(C)C)c(F)c41)-c1c(Cl)c(Cl)c(Oc4ccc(C(=O)O)cc4)c(Cl)c1-3)c1c(Cl)c(Cl)c(Oc3ccc(C(=O)O)cc3)c(Cl)c21.CC(C)c1ccc(C(=O)O)cc1.CC(C)c1ccc(C(=O)O)cc1.[Zn+2].[Zn].[Zn]. The molecule has 2 aliphatic rings. The van der Waals surface area contributed by atoms with Gasteiger partial charge < -0.3 is 69.3 Å². The number of halogens is 12. The van der Waals surface area contributed by atoms with Crippen molar-refractivity contribution >= 4 is 138 Å². The summed E-state index contributed by atoms with van der Waals surface area (Å²) in [6, 6.07) is 23.9. The van der Waals surface area contributed by atoms with Gasteiger partial charge >= 0.3 is 43.4 Å². The molecule has 3 aromatic heterocycles. The third-order valence-corrected chi connectivity index (χ3v) is 18.1. The predicted molar refractivity (Wildman–Crippen MR) is 386 cm³/mol. The first-order valence-electron chi connectivity index (χ1n) is 31.4. The van der Waals surface area contributed by atoms with Gasteiger partial charge in [0.25, 0.3) is 0 Å². The Kier molecular flexibility index (Phi) is 26.5. The summed E-state index contributed by atoms with van der Waals surface area (Å²) in [5.41, 5.74) is -5.35. The van der Waals surface area contributed by atoms with Gasteiger partial charge in [-0.2, -0.15) is 8.78 Å². The smallest absolute Gasteiger partial charge is 0.482 e. The van der Waals surface area contributed by atoms with Crippen LogP contribution >= 0.6 is 69.6 Å². The molecule has 0 saturated carbocycles. The Labute approximate surface area is 683 Å². The van der Waals surface area contributed by atoms with E-state index in [0.29, 0.717) is 23.0 Å². The Morgan fingerprint density at radius 2 is 0.651 bits per heavy atom. The number of benzene rings is 8. The van der Waals surface area contributed by atoms with Crippen molar-refractivity contribution < 1.29 is 143 Å². The van der Waals surface area contributed by atoms with Gasteiger partial charge in [0, 0.05) is 94.2 Å². The van der Waals surface area contributed by atoms with Crippen LogP contribution in [-0.4, -0.2) is 85.4 Å². The first-order valence-corrected chi connectivity index (χ1v) is 33.6. The fourth-order valence-electron chi connectivity index (χ4n) is 10.7. The quantitative estimate of drug-likeness (QED) is 0.0502. The summed E-state index contributed by atoms with van der Waals surface area (Å²) in [6.45, 7) is 16.8. The Balaban J connectivity index is 0.000000471. The van der Waals surface area contributed by atoms with E-state index < -0.39 is 185 Å². The zero-order valence-electron chi connectivity index (χ0n) is 58.7. The number of aromatic carboxylic acids is 4. The Hall–Kier alpha value is -8.61. The van der Waals surface area contributed by atoms with E-state index in [1.54, 1.807) is 24.3 Å². The molecule has 4 N–H and O–H groups in total. The average molecular weight is 1770 g/mol. The molecule has 0 aliphatic carbocycles. The van der Waals surface area contributed by atoms with Crippen molar-refractivity contribution in [3.8, 4) is 80.0 Å². The van der Waals surface area contributed by atoms with Gasteiger partial charge in [-0.05, 0) is 137 Å². The second-order valence-corrected chi connectivity index (χ2v) is 28.3. The summed E-state index contributed by atoms with van der Waals surface area (Å²) in [5, 5.41) is 31.2. The second-order valence-electron chi connectivity index (χ2n) is 26.0. The minimum absolute atomic E-state index is 0. The Morgan fingerprint density at radius 3 is 1.02 bits per heavy atom. The van der Waals surface area contributed by atoms with Crippen LogP contribution in [0.1, 0.15) is 134 Å². The van der Waals surface area contributed by atoms with Crippen molar-refractivity contribution in [3.63, 3.8) is 0 Å². The van der Waals surface area contributed by atoms with E-state index in [1.165, 1.54) is 101 Å². The standard InChI is InChI=1S/C54H30Cl6F6N8O8.2C10H12O2.3Zn/c1-53(2,3)81-41-35(63)25-24(34(62)38(41)66)48-73-49(25)70-44-20-21(29(57)39(32(60)28(20)56)79-17-11-7-15(8-12-17)51(75)76)45(69-44)67-43-19-22(30(58)40(31(59)27(19)55)80-18-13-9-16(10-14-18)52(77)78)46(68-43)71-47-23-26(50(72-47)74-48)36(64)42(37(65)33(23)61)82-54(4,5)6;2*1-7(2)8-3-5-9(6-4-8)10(11)12;;;/h7-14H,1-6H3,(H4,67,68,69,70,71,72,73,74,75,76,77,78);2*3-7H,1-2H3,(H,11,12);;;/q;;;;;+2/p-2. The average Bonchev–Trinajstić information content (AvgIpc) is 1.57. The van der Waals surface area contributed by atoms with E-state index >= 15 is 26.3 Å². The fraction of sp³-hybridized carbons (Fsp3) is 0.189. The maximum Gasteiger partial charge on any atom is 2.00 e. The first-order chi connectivity index (χ1) is 49.7. The molecule has 0 amide bonds. The molecule has 109 heavy (non-hydrogen) atoms. The van der Waals surface area contributed by atoms with E-state index in [1.807, 2.05) is 24.3 Å². The Morgan fingerprint density at radius 1 is 0.358 bits per heavy atom. The second kappa shape index (κ2) is 33.5. The number of aromatic nitrogens is 8. The van der Waals surface area contributed by atoms with Gasteiger partial charge in [-0.3, -0.25) is 0 Å². The molecule has 0 atom stereocenters. The van der Waals surface area contributed by atoms with Gasteiger partial charge in [-0.15, -0.1) is 0 Å². The van der Waals surface area contributed by atoms with Crippen molar-refractivity contribution in [2.45, 2.75) is 92.3 Å². The number of fused-ring (bicyclic) bond motifs is 20. The number of hydrogen-bond acceptors (Lipinski definition) is 14. The molecule has 550 valence electrons. The van der Waals surface area contributed by atoms with Crippen molar-refractivity contribution in [2.24, 2.45) is 0 Å². The van der Waals surface area contributed by atoms with Crippen LogP contribution in [0.2, 0.25) is 30.1 Å². The fourth-order valence-corrected chi connectivity index (χ4v) is 12.4. The molecule has 20 nitrogen and oxygen atoms in total. The van der Waals surface area contributed by atoms with Crippen LogP contribution in [0, 0.1) is 34.9 Å². The van der Waals surface area contributed by atoms with Gasteiger partial charge in [-0.25, -0.2) is 46.7 Å². The first kappa shape index (κ1) is 86.0. The molecule has 8 bridgehead atoms. The molecule has 0 radical (unpaired) electrons. The van der Waals surface area contributed by atoms with Gasteiger partial charge in [-0.1, -0.05) is 122 Å². The molecule has 8 aromatic carbocycles. The van der Waals surface area contributed by atoms with Crippen LogP contribution in [0.25, 0.3) is 89.7 Å². The summed E-state index contributed by atoms with van der Waals surface area (Å²) in [6.07, 6.45) is 0. The molecule has 2 aliphatic heterocycles. The topological polar surface area (TPSA) is 292 Å². The van der Waals surface area contributed by atoms with Crippen LogP contribution in [0.5, 0.6) is 34.5 Å². The van der Waals surface area contributed by atoms with E-state index in [9.17, 15) is 29.4 Å². The minimum Gasteiger partial charge on any atom is -0.482 e. The van der Waals surface area contributed by atoms with Crippen LogP contribution in [-0.2, 0) is 58.4 Å². The van der Waals surface area contributed by atoms with Gasteiger partial charge in [0.1, 0.15) is 32.7 Å². The van der Waals surface area contributed by atoms with Crippen LogP contribution in [0.3, 0.4) is 0 Å². The number of ether oxygens (including phenoxy) is 4. The van der Waals surface area contributed by atoms with E-state index in [2.05, 4.69) is 62.6 Å². The van der Waals surface area contributed by atoms with Crippen molar-refractivity contribution in [1.29, 1.82) is 0 Å². The third-order valence-electron chi connectivity index (χ3n) is 15.7. The van der Waals surface area contributed by atoms with Gasteiger partial charge in [0.05, 0.1) is 76.8 Å². The normalized spacial score (nSPS) is 11.4. The van der Waals surface area contributed by atoms with Crippen LogP contribution in [0.4, 0.5) is 26.3 Å². The molecule has 0 saturated heterocycles. The molecule has 11 aromatic rings. The summed E-state index contributed by atoms with van der Waals surface area (Å²) in [7, 11) is 0. The minimum atomic E-state index is -1.87. The summed E-state index contributed by atoms with van der Waals surface area (Å²) < 4.78 is 124. The van der Waals surface area contributed by atoms with Gasteiger partial charge in [0.2, 0.25) is 11.6 Å². The predicted octanol–water partition coefficient (Wildman–Crippen LogP) is 21.2. The van der Waals surface area contributed by atoms with Crippen LogP contribution in [0.15, 0.2) is 97.1 Å². The Bertz CT molecular complexity index is 5640. The number of carboxylic acids is 4. The number of carboxylic acid groups (broad SMARTS) is 4. The number of carbonyl (C=O) groups is 4. The maximum absolute atomic E-state index is 17.3. The molecule has 0 spiro atoms. The largest absolute Gasteiger partial charge is 2.00 e. The van der Waals surface area contributed by atoms with Crippen molar-refractivity contribution in [2.75, 3.05) is 0 Å². The number of rotatable bonds is 12. The zero-order valence-corrected chi connectivity index (χ0v) is 72.1.